The minimum atomic E-state index is 0.0611. The van der Waals surface area contributed by atoms with Gasteiger partial charge in [0.2, 0.25) is 0 Å². The molecule has 0 bridgehead atoms. The molecular formula is C15H21ClO2. The van der Waals surface area contributed by atoms with Crippen LogP contribution in [0.3, 0.4) is 0 Å². The normalized spacial score (nSPS) is 10.8. The van der Waals surface area contributed by atoms with Crippen LogP contribution in [0, 0.1) is 13.8 Å². The molecule has 0 aliphatic heterocycles. The lowest BCUT2D eigenvalue weighted by Gasteiger charge is -2.17. The van der Waals surface area contributed by atoms with E-state index in [1.54, 1.807) is 0 Å². The number of Topliss-reactive ketones (excluding diaryl/α,β-unsaturated/α-hetero) is 1. The second kappa shape index (κ2) is 6.79. The summed E-state index contributed by atoms with van der Waals surface area (Å²) in [6.45, 7) is 7.89. The Hall–Kier alpha value is -1.02. The molecule has 0 amide bonds. The number of ether oxygens (including phenoxy) is 1. The first kappa shape index (κ1) is 15.0. The van der Waals surface area contributed by atoms with E-state index in [-0.39, 0.29) is 11.9 Å². The lowest BCUT2D eigenvalue weighted by molar-refractivity contribution is 0.0976. The van der Waals surface area contributed by atoms with E-state index in [1.165, 1.54) is 0 Å². The molecule has 1 rings (SSSR count). The van der Waals surface area contributed by atoms with Gasteiger partial charge in [-0.3, -0.25) is 4.79 Å². The van der Waals surface area contributed by atoms with Crippen LogP contribution < -0.4 is 4.74 Å². The maximum absolute atomic E-state index is 12.2. The van der Waals surface area contributed by atoms with Crippen LogP contribution in [0.25, 0.3) is 0 Å². The molecule has 0 N–H and O–H groups in total. The summed E-state index contributed by atoms with van der Waals surface area (Å²) in [5, 5.41) is 0. The Morgan fingerprint density at radius 2 is 2.00 bits per heavy atom. The number of hydrogen-bond acceptors (Lipinski definition) is 2. The first-order valence-electron chi connectivity index (χ1n) is 6.32. The molecule has 0 aromatic heterocycles. The van der Waals surface area contributed by atoms with Crippen molar-refractivity contribution in [3.05, 3.63) is 28.8 Å². The van der Waals surface area contributed by atoms with Gasteiger partial charge in [0.1, 0.15) is 5.75 Å². The molecular weight excluding hydrogens is 248 g/mol. The smallest absolute Gasteiger partial charge is 0.166 e. The van der Waals surface area contributed by atoms with Crippen molar-refractivity contribution in [2.75, 3.05) is 5.88 Å². The van der Waals surface area contributed by atoms with Crippen molar-refractivity contribution in [1.29, 1.82) is 0 Å². The van der Waals surface area contributed by atoms with Crippen LogP contribution in [-0.2, 0) is 0 Å². The van der Waals surface area contributed by atoms with Crippen LogP contribution in [0.5, 0.6) is 5.75 Å². The predicted molar refractivity (Wildman–Crippen MR) is 76.0 cm³/mol. The Balaban J connectivity index is 3.10. The number of rotatable bonds is 6. The number of halogens is 1. The average Bonchev–Trinajstić information content (AvgIpc) is 2.28. The topological polar surface area (TPSA) is 26.3 Å². The summed E-state index contributed by atoms with van der Waals surface area (Å²) >= 11 is 5.64. The van der Waals surface area contributed by atoms with E-state index in [9.17, 15) is 4.79 Å². The largest absolute Gasteiger partial charge is 0.490 e. The highest BCUT2D eigenvalue weighted by atomic mass is 35.5. The summed E-state index contributed by atoms with van der Waals surface area (Å²) in [5.41, 5.74) is 2.78. The standard InChI is InChI=1S/C15H21ClO2/c1-10(2)18-15-12(4)8-11(3)9-13(15)14(17)6-5-7-16/h8-10H,5-7H2,1-4H3. The van der Waals surface area contributed by atoms with Crippen molar-refractivity contribution in [2.24, 2.45) is 0 Å². The van der Waals surface area contributed by atoms with Gasteiger partial charge < -0.3 is 4.74 Å². The van der Waals surface area contributed by atoms with Crippen molar-refractivity contribution in [2.45, 2.75) is 46.6 Å². The van der Waals surface area contributed by atoms with Crippen molar-refractivity contribution in [3.63, 3.8) is 0 Å². The van der Waals surface area contributed by atoms with Crippen LogP contribution >= 0.6 is 11.6 Å². The van der Waals surface area contributed by atoms with Gasteiger partial charge in [-0.05, 0) is 51.3 Å². The summed E-state index contributed by atoms with van der Waals surface area (Å²) in [7, 11) is 0. The zero-order valence-electron chi connectivity index (χ0n) is 11.5. The highest BCUT2D eigenvalue weighted by molar-refractivity contribution is 6.18. The van der Waals surface area contributed by atoms with E-state index in [4.69, 9.17) is 16.3 Å². The minimum absolute atomic E-state index is 0.0611. The quantitative estimate of drug-likeness (QED) is 0.568. The SMILES string of the molecule is Cc1cc(C)c(OC(C)C)c(C(=O)CCCCl)c1. The highest BCUT2D eigenvalue weighted by Gasteiger charge is 2.16. The highest BCUT2D eigenvalue weighted by Crippen LogP contribution is 2.28. The molecule has 0 aliphatic carbocycles. The number of alkyl halides is 1. The van der Waals surface area contributed by atoms with E-state index < -0.39 is 0 Å². The summed E-state index contributed by atoms with van der Waals surface area (Å²) < 4.78 is 5.78. The Morgan fingerprint density at radius 3 is 2.56 bits per heavy atom. The molecule has 0 saturated carbocycles. The van der Waals surface area contributed by atoms with Crippen LogP contribution in [0.2, 0.25) is 0 Å². The minimum Gasteiger partial charge on any atom is -0.490 e. The maximum Gasteiger partial charge on any atom is 0.166 e. The van der Waals surface area contributed by atoms with Gasteiger partial charge in [0, 0.05) is 12.3 Å². The molecule has 0 saturated heterocycles. The van der Waals surface area contributed by atoms with Crippen molar-refractivity contribution in [3.8, 4) is 5.75 Å². The monoisotopic (exact) mass is 268 g/mol. The summed E-state index contributed by atoms with van der Waals surface area (Å²) in [6.07, 6.45) is 1.24. The molecule has 0 spiro atoms. The fourth-order valence-electron chi connectivity index (χ4n) is 1.92. The number of carbonyl (C=O) groups excluding carboxylic acids is 1. The summed E-state index contributed by atoms with van der Waals surface area (Å²) in [5.74, 6) is 1.34. The van der Waals surface area contributed by atoms with Gasteiger partial charge in [-0.1, -0.05) is 6.07 Å². The number of carbonyl (C=O) groups is 1. The van der Waals surface area contributed by atoms with Crippen molar-refractivity contribution >= 4 is 17.4 Å². The Bertz CT molecular complexity index is 425. The van der Waals surface area contributed by atoms with Gasteiger partial charge in [0.15, 0.2) is 5.78 Å². The van der Waals surface area contributed by atoms with Crippen LogP contribution in [0.1, 0.15) is 48.2 Å². The molecule has 3 heteroatoms. The molecule has 0 atom stereocenters. The third-order valence-electron chi connectivity index (χ3n) is 2.61. The predicted octanol–water partition coefficient (Wildman–Crippen LogP) is 4.29. The maximum atomic E-state index is 12.2. The number of benzene rings is 1. The lowest BCUT2D eigenvalue weighted by Crippen LogP contribution is -2.12. The van der Waals surface area contributed by atoms with Crippen molar-refractivity contribution < 1.29 is 9.53 Å². The molecule has 18 heavy (non-hydrogen) atoms. The van der Waals surface area contributed by atoms with E-state index >= 15 is 0 Å². The number of aryl methyl sites for hydroxylation is 2. The molecule has 0 unspecified atom stereocenters. The Morgan fingerprint density at radius 1 is 1.33 bits per heavy atom. The van der Waals surface area contributed by atoms with Gasteiger partial charge >= 0.3 is 0 Å². The van der Waals surface area contributed by atoms with Gasteiger partial charge in [-0.2, -0.15) is 0 Å². The van der Waals surface area contributed by atoms with Gasteiger partial charge in [0.25, 0.3) is 0 Å². The Kier molecular flexibility index (Phi) is 5.67. The third kappa shape index (κ3) is 4.02. The van der Waals surface area contributed by atoms with Gasteiger partial charge in [0.05, 0.1) is 11.7 Å². The fourth-order valence-corrected chi connectivity index (χ4v) is 2.05. The van der Waals surface area contributed by atoms with Gasteiger partial charge in [-0.25, -0.2) is 0 Å². The fraction of sp³-hybridized carbons (Fsp3) is 0.533. The molecule has 0 radical (unpaired) electrons. The van der Waals surface area contributed by atoms with E-state index in [0.717, 1.165) is 16.9 Å². The summed E-state index contributed by atoms with van der Waals surface area (Å²) in [4.78, 5) is 12.2. The average molecular weight is 269 g/mol. The molecule has 100 valence electrons. The van der Waals surface area contributed by atoms with Crippen LogP contribution in [-0.4, -0.2) is 17.8 Å². The lowest BCUT2D eigenvalue weighted by atomic mass is 10.00. The molecule has 0 aliphatic rings. The van der Waals surface area contributed by atoms with Crippen molar-refractivity contribution in [1.82, 2.24) is 0 Å². The molecule has 1 aromatic rings. The molecule has 2 nitrogen and oxygen atoms in total. The van der Waals surface area contributed by atoms with Crippen LogP contribution in [0.15, 0.2) is 12.1 Å². The number of ketones is 1. The molecule has 0 fully saturated rings. The number of hydrogen-bond donors (Lipinski definition) is 0. The van der Waals surface area contributed by atoms with E-state index in [1.807, 2.05) is 39.8 Å². The summed E-state index contributed by atoms with van der Waals surface area (Å²) in [6, 6.07) is 3.94. The van der Waals surface area contributed by atoms with Crippen LogP contribution in [0.4, 0.5) is 0 Å². The first-order chi connectivity index (χ1) is 8.45. The van der Waals surface area contributed by atoms with E-state index in [2.05, 4.69) is 0 Å². The second-order valence-corrected chi connectivity index (χ2v) is 5.22. The van der Waals surface area contributed by atoms with E-state index in [0.29, 0.717) is 24.3 Å². The second-order valence-electron chi connectivity index (χ2n) is 4.84. The Labute approximate surface area is 114 Å². The first-order valence-corrected chi connectivity index (χ1v) is 6.86. The van der Waals surface area contributed by atoms with Gasteiger partial charge in [-0.15, -0.1) is 11.6 Å². The zero-order chi connectivity index (χ0) is 13.7. The molecule has 1 aromatic carbocycles. The third-order valence-corrected chi connectivity index (χ3v) is 2.88. The zero-order valence-corrected chi connectivity index (χ0v) is 12.3. The molecule has 0 heterocycles.